The van der Waals surface area contributed by atoms with Crippen LogP contribution in [0.5, 0.6) is 5.75 Å². The Labute approximate surface area is 169 Å². The minimum atomic E-state index is -4.69. The molecule has 5 nitrogen and oxygen atoms in total. The second kappa shape index (κ2) is 7.95. The third-order valence-corrected chi connectivity index (χ3v) is 5.26. The topological polar surface area (TPSA) is 71.5 Å². The molecule has 1 heterocycles. The van der Waals surface area contributed by atoms with Gasteiger partial charge in [0.2, 0.25) is 6.36 Å². The summed E-state index contributed by atoms with van der Waals surface area (Å²) >= 11 is 6.06. The molecule has 0 aliphatic heterocycles. The van der Waals surface area contributed by atoms with E-state index in [9.17, 15) is 27.5 Å². The third kappa shape index (κ3) is 4.72. The first-order valence-electron chi connectivity index (χ1n) is 8.98. The average Bonchev–Trinajstić information content (AvgIpc) is 2.62. The predicted molar refractivity (Wildman–Crippen MR) is 98.7 cm³/mol. The fourth-order valence-electron chi connectivity index (χ4n) is 3.31. The highest BCUT2D eigenvalue weighted by molar-refractivity contribution is 6.32. The Hall–Kier alpha value is -2.13. The molecule has 158 valence electrons. The van der Waals surface area contributed by atoms with Crippen LogP contribution in [0, 0.1) is 0 Å². The zero-order valence-corrected chi connectivity index (χ0v) is 16.1. The van der Waals surface area contributed by atoms with Crippen LogP contribution in [0.2, 0.25) is 5.02 Å². The molecule has 1 unspecified atom stereocenters. The van der Waals surface area contributed by atoms with Gasteiger partial charge in [-0.3, -0.25) is 9.78 Å². The van der Waals surface area contributed by atoms with Gasteiger partial charge in [-0.1, -0.05) is 11.6 Å². The van der Waals surface area contributed by atoms with Gasteiger partial charge in [0.25, 0.3) is 5.91 Å². The lowest BCUT2D eigenvalue weighted by molar-refractivity contribution is -0.270. The largest absolute Gasteiger partial charge is 0.459 e. The first kappa shape index (κ1) is 21.6. The van der Waals surface area contributed by atoms with E-state index < -0.39 is 42.9 Å². The van der Waals surface area contributed by atoms with Gasteiger partial charge in [-0.05, 0) is 37.8 Å². The van der Waals surface area contributed by atoms with Crippen LogP contribution < -0.4 is 10.1 Å². The second-order valence-corrected chi connectivity index (χ2v) is 7.54. The Bertz CT molecular complexity index is 912. The summed E-state index contributed by atoms with van der Waals surface area (Å²) in [5.41, 5.74) is -2.06. The van der Waals surface area contributed by atoms with E-state index in [1.165, 1.54) is 31.3 Å². The number of carbonyl (C=O) groups excluding carboxylic acids is 1. The Morgan fingerprint density at radius 1 is 1.34 bits per heavy atom. The number of carbonyl (C=O) groups is 1. The number of hydrogen-bond acceptors (Lipinski definition) is 4. The van der Waals surface area contributed by atoms with E-state index in [0.29, 0.717) is 10.9 Å². The summed E-state index contributed by atoms with van der Waals surface area (Å²) in [4.78, 5) is 16.6. The minimum absolute atomic E-state index is 0.0106. The highest BCUT2D eigenvalue weighted by atomic mass is 35.5. The van der Waals surface area contributed by atoms with Gasteiger partial charge in [-0.2, -0.15) is 13.2 Å². The summed E-state index contributed by atoms with van der Waals surface area (Å²) in [6.45, 7) is 1.21. The molecule has 0 radical (unpaired) electrons. The summed E-state index contributed by atoms with van der Waals surface area (Å²) < 4.78 is 56.6. The van der Waals surface area contributed by atoms with Crippen molar-refractivity contribution in [3.05, 3.63) is 35.0 Å². The van der Waals surface area contributed by atoms with Gasteiger partial charge < -0.3 is 15.2 Å². The molecule has 2 N–H and O–H groups in total. The first-order valence-corrected chi connectivity index (χ1v) is 9.36. The molecule has 3 rings (SSSR count). The van der Waals surface area contributed by atoms with Gasteiger partial charge in [0.1, 0.15) is 5.75 Å². The van der Waals surface area contributed by atoms with E-state index in [1.807, 2.05) is 0 Å². The summed E-state index contributed by atoms with van der Waals surface area (Å²) in [6, 6.07) is 3.99. The molecule has 0 saturated heterocycles. The molecule has 1 saturated carbocycles. The van der Waals surface area contributed by atoms with E-state index in [4.69, 9.17) is 16.3 Å². The maximum atomic E-state index is 13.0. The number of benzene rings is 1. The van der Waals surface area contributed by atoms with Crippen LogP contribution in [-0.4, -0.2) is 40.2 Å². The SMILES string of the molecule is CC(F)Oc1cc2ncc(C(=O)NC3CCC(O)(C(F)(F)F)CC3)cc2cc1Cl. The number of amides is 1. The van der Waals surface area contributed by atoms with Crippen LogP contribution in [0.4, 0.5) is 17.6 Å². The number of aliphatic hydroxyl groups is 1. The number of aromatic nitrogens is 1. The van der Waals surface area contributed by atoms with Crippen LogP contribution in [0.15, 0.2) is 24.4 Å². The fraction of sp³-hybridized carbons (Fsp3) is 0.474. The van der Waals surface area contributed by atoms with Crippen molar-refractivity contribution >= 4 is 28.4 Å². The van der Waals surface area contributed by atoms with Gasteiger partial charge in [0.15, 0.2) is 5.60 Å². The number of rotatable bonds is 4. The van der Waals surface area contributed by atoms with Gasteiger partial charge in [0, 0.05) is 30.6 Å². The standard InChI is InChI=1S/C19H19ClF4N2O3/c1-10(21)29-16-8-15-11(7-14(16)20)6-12(9-25-15)17(27)26-13-2-4-18(28,5-3-13)19(22,23)24/h6-10,13,28H,2-5H2,1H3,(H,26,27). The Kier molecular flexibility index (Phi) is 5.91. The molecule has 29 heavy (non-hydrogen) atoms. The first-order chi connectivity index (χ1) is 13.5. The molecule has 1 atom stereocenters. The van der Waals surface area contributed by atoms with Crippen molar-refractivity contribution in [3.8, 4) is 5.75 Å². The van der Waals surface area contributed by atoms with Crippen molar-refractivity contribution in [3.63, 3.8) is 0 Å². The highest BCUT2D eigenvalue weighted by Crippen LogP contribution is 2.41. The molecule has 0 spiro atoms. The Balaban J connectivity index is 1.70. The van der Waals surface area contributed by atoms with E-state index in [2.05, 4.69) is 10.3 Å². The van der Waals surface area contributed by atoms with E-state index >= 15 is 0 Å². The quantitative estimate of drug-likeness (QED) is 0.693. The molecule has 10 heteroatoms. The summed E-state index contributed by atoms with van der Waals surface area (Å²) in [5, 5.41) is 13.1. The average molecular weight is 435 g/mol. The van der Waals surface area contributed by atoms with Crippen LogP contribution in [0.3, 0.4) is 0 Å². The Morgan fingerprint density at radius 3 is 2.59 bits per heavy atom. The molecular formula is C19H19ClF4N2O3. The van der Waals surface area contributed by atoms with Crippen molar-refractivity contribution in [2.75, 3.05) is 0 Å². The molecule has 2 aromatic rings. The normalized spacial score (nSPS) is 23.6. The van der Waals surface area contributed by atoms with Gasteiger partial charge in [0.05, 0.1) is 16.1 Å². The smallest absolute Gasteiger partial charge is 0.417 e. The molecule has 1 aromatic carbocycles. The lowest BCUT2D eigenvalue weighted by atomic mass is 9.81. The molecule has 1 fully saturated rings. The van der Waals surface area contributed by atoms with Crippen molar-refractivity contribution in [2.24, 2.45) is 0 Å². The molecule has 0 bridgehead atoms. The Morgan fingerprint density at radius 2 is 2.00 bits per heavy atom. The summed E-state index contributed by atoms with van der Waals surface area (Å²) in [7, 11) is 0. The van der Waals surface area contributed by atoms with Crippen LogP contribution in [0.25, 0.3) is 10.9 Å². The molecule has 1 aliphatic rings. The number of hydrogen-bond donors (Lipinski definition) is 2. The van der Waals surface area contributed by atoms with Crippen molar-refractivity contribution in [2.45, 2.75) is 56.8 Å². The fourth-order valence-corrected chi connectivity index (χ4v) is 3.53. The van der Waals surface area contributed by atoms with Gasteiger partial charge >= 0.3 is 6.18 Å². The van der Waals surface area contributed by atoms with Crippen molar-refractivity contribution in [1.29, 1.82) is 0 Å². The predicted octanol–water partition coefficient (Wildman–Crippen LogP) is 4.55. The summed E-state index contributed by atoms with van der Waals surface area (Å²) in [5.74, 6) is -0.367. The minimum Gasteiger partial charge on any atom is -0.459 e. The second-order valence-electron chi connectivity index (χ2n) is 7.14. The monoisotopic (exact) mass is 434 g/mol. The lowest BCUT2D eigenvalue weighted by Gasteiger charge is -2.37. The maximum absolute atomic E-state index is 13.0. The van der Waals surface area contributed by atoms with Crippen molar-refractivity contribution in [1.82, 2.24) is 10.3 Å². The lowest BCUT2D eigenvalue weighted by Crippen LogP contribution is -2.51. The van der Waals surface area contributed by atoms with Crippen LogP contribution in [-0.2, 0) is 0 Å². The number of halogens is 5. The summed E-state index contributed by atoms with van der Waals surface area (Å²) in [6.07, 6.45) is -5.85. The maximum Gasteiger partial charge on any atom is 0.417 e. The zero-order valence-electron chi connectivity index (χ0n) is 15.4. The van der Waals surface area contributed by atoms with E-state index in [-0.39, 0.29) is 29.2 Å². The number of pyridine rings is 1. The number of fused-ring (bicyclic) bond motifs is 1. The third-order valence-electron chi connectivity index (χ3n) is 4.96. The molecule has 1 amide bonds. The molecule has 1 aromatic heterocycles. The van der Waals surface area contributed by atoms with E-state index in [0.717, 1.165) is 0 Å². The number of nitrogens with zero attached hydrogens (tertiary/aromatic N) is 1. The number of ether oxygens (including phenoxy) is 1. The van der Waals surface area contributed by atoms with Crippen molar-refractivity contribution < 1.29 is 32.2 Å². The van der Waals surface area contributed by atoms with Crippen LogP contribution >= 0.6 is 11.6 Å². The molecular weight excluding hydrogens is 416 g/mol. The van der Waals surface area contributed by atoms with Gasteiger partial charge in [-0.15, -0.1) is 0 Å². The number of nitrogens with one attached hydrogen (secondary N) is 1. The number of alkyl halides is 4. The van der Waals surface area contributed by atoms with Gasteiger partial charge in [-0.25, -0.2) is 4.39 Å². The molecule has 1 aliphatic carbocycles. The van der Waals surface area contributed by atoms with Crippen LogP contribution in [0.1, 0.15) is 43.0 Å². The zero-order chi connectivity index (χ0) is 21.4. The van der Waals surface area contributed by atoms with E-state index in [1.54, 1.807) is 0 Å². The highest BCUT2D eigenvalue weighted by Gasteiger charge is 2.54.